The zero-order valence-corrected chi connectivity index (χ0v) is 12.7. The Hall–Kier alpha value is -0.523. The Balaban J connectivity index is 2.64. The molecular weight excluding hydrogens is 228 g/mol. The molecule has 0 amide bonds. The Morgan fingerprint density at radius 3 is 2.56 bits per heavy atom. The van der Waals surface area contributed by atoms with E-state index in [1.807, 2.05) is 0 Å². The summed E-state index contributed by atoms with van der Waals surface area (Å²) in [7, 11) is -1.19. The van der Waals surface area contributed by atoms with Gasteiger partial charge in [0.2, 0.25) is 0 Å². The van der Waals surface area contributed by atoms with Crippen LogP contribution in [0.5, 0.6) is 0 Å². The molecule has 0 bridgehead atoms. The molecule has 0 aliphatic carbocycles. The van der Waals surface area contributed by atoms with Gasteiger partial charge in [-0.1, -0.05) is 51.2 Å². The van der Waals surface area contributed by atoms with Crippen molar-refractivity contribution in [3.8, 4) is 11.8 Å². The number of hydrogen-bond acceptors (Lipinski definition) is 1. The standard InChI is InChI=1S/C14H22SSi/c1-5-6-7-8-9-10-13-11-15-12-14(13)16(2,3)4/h11-12H,5-8H2,1-4H3. The average Bonchev–Trinajstić information content (AvgIpc) is 2.65. The topological polar surface area (TPSA) is 0 Å². The molecule has 0 unspecified atom stereocenters. The average molecular weight is 250 g/mol. The molecule has 0 saturated carbocycles. The molecule has 0 spiro atoms. The maximum atomic E-state index is 3.35. The number of hydrogen-bond donors (Lipinski definition) is 0. The van der Waals surface area contributed by atoms with Crippen molar-refractivity contribution >= 4 is 24.6 Å². The summed E-state index contributed by atoms with van der Waals surface area (Å²) < 4.78 is 0. The Labute approximate surface area is 105 Å². The number of thiophene rings is 1. The lowest BCUT2D eigenvalue weighted by atomic mass is 10.2. The highest BCUT2D eigenvalue weighted by atomic mass is 32.1. The molecule has 0 aliphatic heterocycles. The Kier molecular flexibility index (Phi) is 5.31. The summed E-state index contributed by atoms with van der Waals surface area (Å²) in [6.07, 6.45) is 4.88. The first kappa shape index (κ1) is 13.5. The summed E-state index contributed by atoms with van der Waals surface area (Å²) in [5.74, 6) is 6.67. The quantitative estimate of drug-likeness (QED) is 0.426. The number of unbranched alkanes of at least 4 members (excludes halogenated alkanes) is 3. The summed E-state index contributed by atoms with van der Waals surface area (Å²) in [6, 6.07) is 0. The van der Waals surface area contributed by atoms with Gasteiger partial charge in [-0.2, -0.15) is 11.3 Å². The summed E-state index contributed by atoms with van der Waals surface area (Å²) in [6.45, 7) is 9.39. The van der Waals surface area contributed by atoms with E-state index in [9.17, 15) is 0 Å². The van der Waals surface area contributed by atoms with Crippen molar-refractivity contribution < 1.29 is 0 Å². The second-order valence-electron chi connectivity index (χ2n) is 5.21. The normalized spacial score (nSPS) is 11.0. The predicted molar refractivity (Wildman–Crippen MR) is 78.3 cm³/mol. The van der Waals surface area contributed by atoms with Crippen LogP contribution >= 0.6 is 11.3 Å². The van der Waals surface area contributed by atoms with Crippen molar-refractivity contribution in [3.05, 3.63) is 16.3 Å². The van der Waals surface area contributed by atoms with E-state index in [4.69, 9.17) is 0 Å². The molecule has 0 nitrogen and oxygen atoms in total. The second kappa shape index (κ2) is 6.27. The lowest BCUT2D eigenvalue weighted by molar-refractivity contribution is 0.737. The van der Waals surface area contributed by atoms with Gasteiger partial charge < -0.3 is 0 Å². The fourth-order valence-electron chi connectivity index (χ4n) is 1.60. The summed E-state index contributed by atoms with van der Waals surface area (Å²) in [5, 5.41) is 6.03. The zero-order chi connectivity index (χ0) is 12.0. The van der Waals surface area contributed by atoms with Gasteiger partial charge in [0, 0.05) is 17.4 Å². The van der Waals surface area contributed by atoms with Crippen LogP contribution in [-0.2, 0) is 0 Å². The van der Waals surface area contributed by atoms with Crippen LogP contribution in [0.25, 0.3) is 0 Å². The van der Waals surface area contributed by atoms with E-state index in [0.29, 0.717) is 0 Å². The highest BCUT2D eigenvalue weighted by molar-refractivity contribution is 7.10. The van der Waals surface area contributed by atoms with E-state index in [-0.39, 0.29) is 0 Å². The largest absolute Gasteiger partial charge is 0.151 e. The smallest absolute Gasteiger partial charge is 0.0803 e. The van der Waals surface area contributed by atoms with Crippen molar-refractivity contribution in [1.29, 1.82) is 0 Å². The number of rotatable bonds is 4. The first-order chi connectivity index (χ1) is 7.55. The molecule has 0 radical (unpaired) electrons. The van der Waals surface area contributed by atoms with Gasteiger partial charge in [-0.3, -0.25) is 0 Å². The minimum Gasteiger partial charge on any atom is -0.151 e. The Morgan fingerprint density at radius 1 is 1.19 bits per heavy atom. The van der Waals surface area contributed by atoms with Crippen LogP contribution in [0.4, 0.5) is 0 Å². The van der Waals surface area contributed by atoms with Crippen LogP contribution < -0.4 is 5.19 Å². The molecule has 1 heterocycles. The van der Waals surface area contributed by atoms with Crippen molar-refractivity contribution in [2.45, 2.75) is 52.2 Å². The minimum absolute atomic E-state index is 1.05. The highest BCUT2D eigenvalue weighted by Crippen LogP contribution is 2.11. The zero-order valence-electron chi connectivity index (χ0n) is 10.9. The van der Waals surface area contributed by atoms with E-state index in [1.165, 1.54) is 30.0 Å². The highest BCUT2D eigenvalue weighted by Gasteiger charge is 2.19. The van der Waals surface area contributed by atoms with Crippen molar-refractivity contribution in [2.24, 2.45) is 0 Å². The van der Waals surface area contributed by atoms with Crippen LogP contribution in [0.2, 0.25) is 19.6 Å². The summed E-state index contributed by atoms with van der Waals surface area (Å²) >= 11 is 1.79. The SMILES string of the molecule is CCCCCC#Cc1cscc1[Si](C)(C)C. The molecule has 0 aliphatic rings. The fourth-order valence-corrected chi connectivity index (χ4v) is 4.91. The molecular formula is C14H22SSi. The molecule has 1 rings (SSSR count). The first-order valence-electron chi connectivity index (χ1n) is 6.11. The van der Waals surface area contributed by atoms with Crippen LogP contribution in [-0.4, -0.2) is 8.07 Å². The fraction of sp³-hybridized carbons (Fsp3) is 0.571. The molecule has 0 N–H and O–H groups in total. The van der Waals surface area contributed by atoms with Crippen LogP contribution in [0.1, 0.15) is 38.2 Å². The summed E-state index contributed by atoms with van der Waals surface area (Å²) in [5.41, 5.74) is 1.29. The maximum Gasteiger partial charge on any atom is 0.0803 e. The Bertz CT molecular complexity index is 373. The van der Waals surface area contributed by atoms with Crippen LogP contribution in [0.3, 0.4) is 0 Å². The third-order valence-corrected chi connectivity index (χ3v) is 5.58. The van der Waals surface area contributed by atoms with Gasteiger partial charge in [-0.25, -0.2) is 0 Å². The third-order valence-electron chi connectivity index (χ3n) is 2.60. The Morgan fingerprint density at radius 2 is 1.94 bits per heavy atom. The molecule has 0 saturated heterocycles. The molecule has 0 atom stereocenters. The maximum absolute atomic E-state index is 3.35. The van der Waals surface area contributed by atoms with Crippen LogP contribution in [0, 0.1) is 11.8 Å². The van der Waals surface area contributed by atoms with Crippen molar-refractivity contribution in [3.63, 3.8) is 0 Å². The molecule has 1 aromatic rings. The van der Waals surface area contributed by atoms with Gasteiger partial charge in [0.05, 0.1) is 8.07 Å². The molecule has 0 aromatic carbocycles. The lowest BCUT2D eigenvalue weighted by Gasteiger charge is -2.14. The van der Waals surface area contributed by atoms with Gasteiger partial charge in [-0.15, -0.1) is 0 Å². The van der Waals surface area contributed by atoms with Gasteiger partial charge >= 0.3 is 0 Å². The van der Waals surface area contributed by atoms with E-state index < -0.39 is 8.07 Å². The second-order valence-corrected chi connectivity index (χ2v) is 11.0. The lowest BCUT2D eigenvalue weighted by Crippen LogP contribution is -2.38. The van der Waals surface area contributed by atoms with Gasteiger partial charge in [0.25, 0.3) is 0 Å². The molecule has 1 aromatic heterocycles. The van der Waals surface area contributed by atoms with Gasteiger partial charge in [0.15, 0.2) is 0 Å². The monoisotopic (exact) mass is 250 g/mol. The van der Waals surface area contributed by atoms with E-state index in [2.05, 4.69) is 49.2 Å². The summed E-state index contributed by atoms with van der Waals surface area (Å²) in [4.78, 5) is 0. The molecule has 88 valence electrons. The van der Waals surface area contributed by atoms with Crippen molar-refractivity contribution in [2.75, 3.05) is 0 Å². The molecule has 2 heteroatoms. The van der Waals surface area contributed by atoms with Gasteiger partial charge in [0.1, 0.15) is 0 Å². The third kappa shape index (κ3) is 4.15. The van der Waals surface area contributed by atoms with E-state index >= 15 is 0 Å². The first-order valence-corrected chi connectivity index (χ1v) is 10.6. The van der Waals surface area contributed by atoms with E-state index in [0.717, 1.165) is 6.42 Å². The van der Waals surface area contributed by atoms with Crippen LogP contribution in [0.15, 0.2) is 10.8 Å². The minimum atomic E-state index is -1.19. The van der Waals surface area contributed by atoms with Gasteiger partial charge in [-0.05, 0) is 17.0 Å². The van der Waals surface area contributed by atoms with Crippen molar-refractivity contribution in [1.82, 2.24) is 0 Å². The molecule has 0 fully saturated rings. The molecule has 16 heavy (non-hydrogen) atoms. The van der Waals surface area contributed by atoms with E-state index in [1.54, 1.807) is 11.3 Å². The predicted octanol–water partition coefficient (Wildman–Crippen LogP) is 4.23.